The molecule has 1 unspecified atom stereocenters. The number of benzene rings is 1. The molecule has 1 aliphatic heterocycles. The molecule has 0 aromatic heterocycles. The molecule has 64 valence electrons. The highest BCUT2D eigenvalue weighted by Crippen LogP contribution is 2.35. The highest BCUT2D eigenvalue weighted by Gasteiger charge is 2.24. The molecule has 2 heteroatoms. The van der Waals surface area contributed by atoms with Gasteiger partial charge in [-0.15, -0.1) is 0 Å². The van der Waals surface area contributed by atoms with E-state index in [1.54, 1.807) is 0 Å². The normalized spacial score (nSPS) is 21.2. The maximum Gasteiger partial charge on any atom is 0.0552 e. The number of fused-ring (bicyclic) bond motifs is 1. The van der Waals surface area contributed by atoms with Gasteiger partial charge in [0.1, 0.15) is 0 Å². The van der Waals surface area contributed by atoms with Crippen LogP contribution < -0.4 is 10.9 Å². The fraction of sp³-hybridized carbons (Fsp3) is 0.400. The number of hydrazine groups is 1. The quantitative estimate of drug-likeness (QED) is 0.639. The minimum Gasteiger partial charge on any atom is -0.310 e. The zero-order valence-corrected chi connectivity index (χ0v) is 7.33. The Hall–Kier alpha value is -1.02. The van der Waals surface area contributed by atoms with Gasteiger partial charge in [0.2, 0.25) is 0 Å². The Kier molecular flexibility index (Phi) is 1.77. The van der Waals surface area contributed by atoms with Gasteiger partial charge in [-0.1, -0.05) is 25.1 Å². The van der Waals surface area contributed by atoms with Gasteiger partial charge >= 0.3 is 0 Å². The molecule has 0 radical (unpaired) electrons. The molecule has 0 saturated carbocycles. The maximum atomic E-state index is 5.85. The molecule has 2 N–H and O–H groups in total. The summed E-state index contributed by atoms with van der Waals surface area (Å²) in [6.45, 7) is 3.18. The van der Waals surface area contributed by atoms with E-state index in [0.29, 0.717) is 5.92 Å². The summed E-state index contributed by atoms with van der Waals surface area (Å²) in [6, 6.07) is 8.39. The molecular weight excluding hydrogens is 148 g/mol. The topological polar surface area (TPSA) is 29.3 Å². The number of anilines is 1. The van der Waals surface area contributed by atoms with Crippen LogP contribution in [0.2, 0.25) is 0 Å². The molecule has 0 amide bonds. The Morgan fingerprint density at radius 3 is 3.00 bits per heavy atom. The first kappa shape index (κ1) is 7.62. The highest BCUT2D eigenvalue weighted by molar-refractivity contribution is 5.58. The number of nitrogens with two attached hydrogens (primary N) is 1. The lowest BCUT2D eigenvalue weighted by Gasteiger charge is -2.10. The highest BCUT2D eigenvalue weighted by atomic mass is 15.4. The SMILES string of the molecule is CCC1CN(N)c2ccccc21. The van der Waals surface area contributed by atoms with Crippen LogP contribution in [-0.4, -0.2) is 6.54 Å². The molecule has 0 fully saturated rings. The third-order valence-corrected chi connectivity index (χ3v) is 2.60. The van der Waals surface area contributed by atoms with E-state index in [0.717, 1.165) is 6.54 Å². The van der Waals surface area contributed by atoms with E-state index < -0.39 is 0 Å². The summed E-state index contributed by atoms with van der Waals surface area (Å²) in [4.78, 5) is 0. The molecule has 0 bridgehead atoms. The average molecular weight is 162 g/mol. The van der Waals surface area contributed by atoms with Crippen molar-refractivity contribution in [2.45, 2.75) is 19.3 Å². The second-order valence-electron chi connectivity index (χ2n) is 3.32. The van der Waals surface area contributed by atoms with Gasteiger partial charge in [-0.25, -0.2) is 5.84 Å². The summed E-state index contributed by atoms with van der Waals surface area (Å²) in [5, 5.41) is 1.85. The van der Waals surface area contributed by atoms with Crippen molar-refractivity contribution in [2.75, 3.05) is 11.6 Å². The Morgan fingerprint density at radius 2 is 2.25 bits per heavy atom. The Morgan fingerprint density at radius 1 is 1.50 bits per heavy atom. The van der Waals surface area contributed by atoms with Gasteiger partial charge in [0, 0.05) is 12.5 Å². The predicted octanol–water partition coefficient (Wildman–Crippen LogP) is 1.87. The third-order valence-electron chi connectivity index (χ3n) is 2.60. The van der Waals surface area contributed by atoms with E-state index in [9.17, 15) is 0 Å². The summed E-state index contributed by atoms with van der Waals surface area (Å²) >= 11 is 0. The van der Waals surface area contributed by atoms with Gasteiger partial charge in [0.05, 0.1) is 5.69 Å². The van der Waals surface area contributed by atoms with Crippen LogP contribution in [0.1, 0.15) is 24.8 Å². The van der Waals surface area contributed by atoms with Crippen LogP contribution in [0.3, 0.4) is 0 Å². The van der Waals surface area contributed by atoms with Crippen LogP contribution in [0.5, 0.6) is 0 Å². The average Bonchev–Trinajstić information content (AvgIpc) is 2.44. The molecule has 1 heterocycles. The fourth-order valence-corrected chi connectivity index (χ4v) is 1.88. The molecule has 0 saturated heterocycles. The number of hydrogen-bond donors (Lipinski definition) is 1. The van der Waals surface area contributed by atoms with Crippen LogP contribution in [0.15, 0.2) is 24.3 Å². The molecule has 0 spiro atoms. The number of para-hydroxylation sites is 1. The van der Waals surface area contributed by atoms with E-state index in [-0.39, 0.29) is 0 Å². The molecule has 1 aromatic rings. The Balaban J connectivity index is 2.43. The van der Waals surface area contributed by atoms with Crippen molar-refractivity contribution in [3.63, 3.8) is 0 Å². The maximum absolute atomic E-state index is 5.85. The number of nitrogens with zero attached hydrogens (tertiary/aromatic N) is 1. The van der Waals surface area contributed by atoms with Gasteiger partial charge < -0.3 is 5.01 Å². The summed E-state index contributed by atoms with van der Waals surface area (Å²) in [5.41, 5.74) is 2.60. The van der Waals surface area contributed by atoms with Crippen LogP contribution in [0, 0.1) is 0 Å². The van der Waals surface area contributed by atoms with Crippen molar-refractivity contribution in [2.24, 2.45) is 5.84 Å². The molecule has 1 atom stereocenters. The molecule has 1 aromatic carbocycles. The van der Waals surface area contributed by atoms with Gasteiger partial charge in [-0.3, -0.25) is 0 Å². The lowest BCUT2D eigenvalue weighted by Crippen LogP contribution is -2.29. The van der Waals surface area contributed by atoms with Gasteiger partial charge in [0.25, 0.3) is 0 Å². The molecular formula is C10H14N2. The van der Waals surface area contributed by atoms with Gasteiger partial charge in [-0.05, 0) is 18.1 Å². The fourth-order valence-electron chi connectivity index (χ4n) is 1.88. The molecule has 1 aliphatic rings. The Bertz CT molecular complexity index is 283. The third kappa shape index (κ3) is 0.994. The van der Waals surface area contributed by atoms with E-state index >= 15 is 0 Å². The zero-order chi connectivity index (χ0) is 8.55. The minimum absolute atomic E-state index is 0.631. The zero-order valence-electron chi connectivity index (χ0n) is 7.33. The number of hydrogen-bond acceptors (Lipinski definition) is 2. The first-order chi connectivity index (χ1) is 5.83. The summed E-state index contributed by atoms with van der Waals surface area (Å²) in [7, 11) is 0. The van der Waals surface area contributed by atoms with Crippen molar-refractivity contribution in [3.8, 4) is 0 Å². The van der Waals surface area contributed by atoms with Crippen LogP contribution in [0.4, 0.5) is 5.69 Å². The van der Waals surface area contributed by atoms with Gasteiger partial charge in [-0.2, -0.15) is 0 Å². The molecule has 12 heavy (non-hydrogen) atoms. The second-order valence-corrected chi connectivity index (χ2v) is 3.32. The monoisotopic (exact) mass is 162 g/mol. The predicted molar refractivity (Wildman–Crippen MR) is 51.0 cm³/mol. The summed E-state index contributed by atoms with van der Waals surface area (Å²) < 4.78 is 0. The van der Waals surface area contributed by atoms with Crippen molar-refractivity contribution < 1.29 is 0 Å². The van der Waals surface area contributed by atoms with E-state index in [4.69, 9.17) is 5.84 Å². The summed E-state index contributed by atoms with van der Waals surface area (Å²) in [5.74, 6) is 6.48. The van der Waals surface area contributed by atoms with Gasteiger partial charge in [0.15, 0.2) is 0 Å². The largest absolute Gasteiger partial charge is 0.310 e. The first-order valence-corrected chi connectivity index (χ1v) is 4.44. The smallest absolute Gasteiger partial charge is 0.0552 e. The lowest BCUT2D eigenvalue weighted by atomic mass is 9.99. The lowest BCUT2D eigenvalue weighted by molar-refractivity contribution is 0.682. The van der Waals surface area contributed by atoms with Crippen LogP contribution >= 0.6 is 0 Å². The number of rotatable bonds is 1. The van der Waals surface area contributed by atoms with Crippen molar-refractivity contribution in [1.82, 2.24) is 0 Å². The van der Waals surface area contributed by atoms with E-state index in [1.807, 2.05) is 11.1 Å². The van der Waals surface area contributed by atoms with Crippen molar-refractivity contribution in [1.29, 1.82) is 0 Å². The first-order valence-electron chi connectivity index (χ1n) is 4.44. The summed E-state index contributed by atoms with van der Waals surface area (Å²) in [6.07, 6.45) is 1.17. The molecule has 2 rings (SSSR count). The van der Waals surface area contributed by atoms with Crippen molar-refractivity contribution >= 4 is 5.69 Å². The van der Waals surface area contributed by atoms with E-state index in [1.165, 1.54) is 17.7 Å². The Labute approximate surface area is 73.0 Å². The molecule has 2 nitrogen and oxygen atoms in total. The van der Waals surface area contributed by atoms with Crippen molar-refractivity contribution in [3.05, 3.63) is 29.8 Å². The molecule has 0 aliphatic carbocycles. The van der Waals surface area contributed by atoms with Crippen LogP contribution in [0.25, 0.3) is 0 Å². The van der Waals surface area contributed by atoms with Crippen LogP contribution in [-0.2, 0) is 0 Å². The van der Waals surface area contributed by atoms with E-state index in [2.05, 4.69) is 25.1 Å². The standard InChI is InChI=1S/C10H14N2/c1-2-8-7-12(11)10-6-4-3-5-9(8)10/h3-6,8H,2,7,11H2,1H3. The minimum atomic E-state index is 0.631. The second kappa shape index (κ2) is 2.79.